The maximum absolute atomic E-state index is 3.77. The molecule has 1 fully saturated rings. The van der Waals surface area contributed by atoms with Crippen LogP contribution in [0.1, 0.15) is 31.7 Å². The van der Waals surface area contributed by atoms with E-state index in [4.69, 9.17) is 0 Å². The molecule has 1 aliphatic heterocycles. The Morgan fingerprint density at radius 2 is 2.25 bits per heavy atom. The van der Waals surface area contributed by atoms with Crippen LogP contribution in [0, 0.1) is 12.3 Å². The van der Waals surface area contributed by atoms with Gasteiger partial charge in [-0.1, -0.05) is 25.5 Å². The lowest BCUT2D eigenvalue weighted by Crippen LogP contribution is -2.36. The van der Waals surface area contributed by atoms with Gasteiger partial charge in [-0.05, 0) is 31.4 Å². The van der Waals surface area contributed by atoms with E-state index in [2.05, 4.69) is 42.7 Å². The fourth-order valence-corrected chi connectivity index (χ4v) is 3.17. The summed E-state index contributed by atoms with van der Waals surface area (Å²) in [6.07, 6.45) is 4.01. The molecule has 2 aliphatic rings. The Kier molecular flexibility index (Phi) is 2.13. The van der Waals surface area contributed by atoms with Crippen molar-refractivity contribution in [3.63, 3.8) is 0 Å². The first-order valence-electron chi connectivity index (χ1n) is 6.29. The Labute approximate surface area is 97.4 Å². The molecule has 2 nitrogen and oxygen atoms in total. The van der Waals surface area contributed by atoms with E-state index < -0.39 is 0 Å². The summed E-state index contributed by atoms with van der Waals surface area (Å²) < 4.78 is 0. The molecule has 0 amide bonds. The lowest BCUT2D eigenvalue weighted by atomic mass is 9.85. The highest BCUT2D eigenvalue weighted by atomic mass is 15.0. The molecule has 3 rings (SSSR count). The number of rotatable bonds is 0. The Hall–Kier alpha value is -1.18. The predicted molar refractivity (Wildman–Crippen MR) is 69.0 cm³/mol. The van der Waals surface area contributed by atoms with Crippen LogP contribution in [0.3, 0.4) is 0 Å². The van der Waals surface area contributed by atoms with Crippen molar-refractivity contribution in [2.24, 2.45) is 5.41 Å². The first kappa shape index (κ1) is 10.0. The summed E-state index contributed by atoms with van der Waals surface area (Å²) in [4.78, 5) is 0. The Bertz CT molecular complexity index is 413. The van der Waals surface area contributed by atoms with E-state index in [1.54, 1.807) is 0 Å². The normalized spacial score (nSPS) is 32.0. The highest BCUT2D eigenvalue weighted by Crippen LogP contribution is 2.43. The van der Waals surface area contributed by atoms with E-state index >= 15 is 0 Å². The number of hydrogen-bond acceptors (Lipinski definition) is 2. The van der Waals surface area contributed by atoms with Gasteiger partial charge in [-0.25, -0.2) is 0 Å². The molecular weight excluding hydrogens is 196 g/mol. The fourth-order valence-electron chi connectivity index (χ4n) is 3.17. The van der Waals surface area contributed by atoms with Crippen molar-refractivity contribution < 1.29 is 0 Å². The van der Waals surface area contributed by atoms with E-state index in [1.807, 2.05) is 0 Å². The third-order valence-corrected chi connectivity index (χ3v) is 4.36. The Balaban J connectivity index is 2.01. The second kappa shape index (κ2) is 3.41. The van der Waals surface area contributed by atoms with Crippen molar-refractivity contribution in [1.29, 1.82) is 0 Å². The molecule has 1 aliphatic carbocycles. The number of anilines is 2. The van der Waals surface area contributed by atoms with E-state index in [0.717, 1.165) is 6.54 Å². The average Bonchev–Trinajstić information content (AvgIpc) is 2.55. The molecule has 0 saturated heterocycles. The zero-order chi connectivity index (χ0) is 11.2. The molecule has 2 atom stereocenters. The first-order valence-corrected chi connectivity index (χ1v) is 6.29. The van der Waals surface area contributed by atoms with Crippen LogP contribution in [0.5, 0.6) is 0 Å². The van der Waals surface area contributed by atoms with E-state index in [-0.39, 0.29) is 0 Å². The molecule has 0 aromatic heterocycles. The second-order valence-corrected chi connectivity index (χ2v) is 5.59. The summed E-state index contributed by atoms with van der Waals surface area (Å²) in [6.45, 7) is 5.69. The van der Waals surface area contributed by atoms with Gasteiger partial charge in [0.2, 0.25) is 0 Å². The summed E-state index contributed by atoms with van der Waals surface area (Å²) in [7, 11) is 0. The van der Waals surface area contributed by atoms with Crippen LogP contribution in [-0.2, 0) is 0 Å². The molecule has 0 bridgehead atoms. The summed E-state index contributed by atoms with van der Waals surface area (Å²) in [6, 6.07) is 7.14. The van der Waals surface area contributed by atoms with Gasteiger partial charge in [-0.15, -0.1) is 0 Å². The van der Waals surface area contributed by atoms with E-state index in [9.17, 15) is 0 Å². The van der Waals surface area contributed by atoms with Gasteiger partial charge in [0.05, 0.1) is 11.4 Å². The van der Waals surface area contributed by atoms with Gasteiger partial charge in [0.15, 0.2) is 0 Å². The maximum Gasteiger partial charge on any atom is 0.0608 e. The van der Waals surface area contributed by atoms with E-state index in [1.165, 1.54) is 36.2 Å². The predicted octanol–water partition coefficient (Wildman–Crippen LogP) is 3.39. The highest BCUT2D eigenvalue weighted by molar-refractivity contribution is 5.73. The molecule has 86 valence electrons. The third kappa shape index (κ3) is 1.40. The molecule has 16 heavy (non-hydrogen) atoms. The molecule has 2 N–H and O–H groups in total. The Morgan fingerprint density at radius 3 is 3.12 bits per heavy atom. The van der Waals surface area contributed by atoms with Crippen LogP contribution in [0.2, 0.25) is 0 Å². The molecule has 2 unspecified atom stereocenters. The summed E-state index contributed by atoms with van der Waals surface area (Å²) in [5.41, 5.74) is 4.36. The molecular formula is C14H20N2. The summed E-state index contributed by atoms with van der Waals surface area (Å²) in [5, 5.41) is 7.38. The van der Waals surface area contributed by atoms with Crippen LogP contribution >= 0.6 is 0 Å². The maximum atomic E-state index is 3.77. The van der Waals surface area contributed by atoms with Crippen LogP contribution < -0.4 is 10.6 Å². The minimum absolute atomic E-state index is 0.422. The standard InChI is InChI=1S/C14H20N2/c1-10-5-3-6-11-13(10)16-12-7-4-8-14(12,2)9-15-11/h3,5-6,12,15-16H,4,7-9H2,1-2H3. The summed E-state index contributed by atoms with van der Waals surface area (Å²) in [5.74, 6) is 0. The lowest BCUT2D eigenvalue weighted by Gasteiger charge is -2.30. The SMILES string of the molecule is Cc1cccc2c1NC1CCCC1(C)CN2. The van der Waals surface area contributed by atoms with Gasteiger partial charge >= 0.3 is 0 Å². The van der Waals surface area contributed by atoms with Crippen molar-refractivity contribution in [2.45, 2.75) is 39.2 Å². The number of fused-ring (bicyclic) bond motifs is 2. The number of nitrogens with one attached hydrogen (secondary N) is 2. The number of para-hydroxylation sites is 1. The van der Waals surface area contributed by atoms with Gasteiger partial charge in [0.1, 0.15) is 0 Å². The fraction of sp³-hybridized carbons (Fsp3) is 0.571. The van der Waals surface area contributed by atoms with Crippen LogP contribution in [0.25, 0.3) is 0 Å². The monoisotopic (exact) mass is 216 g/mol. The van der Waals surface area contributed by atoms with Crippen molar-refractivity contribution in [3.8, 4) is 0 Å². The number of hydrogen-bond donors (Lipinski definition) is 2. The molecule has 1 aromatic rings. The Morgan fingerprint density at radius 1 is 1.38 bits per heavy atom. The summed E-state index contributed by atoms with van der Waals surface area (Å²) >= 11 is 0. The van der Waals surface area contributed by atoms with Crippen molar-refractivity contribution in [2.75, 3.05) is 17.2 Å². The van der Waals surface area contributed by atoms with Gasteiger partial charge in [-0.2, -0.15) is 0 Å². The first-order chi connectivity index (χ1) is 7.69. The minimum Gasteiger partial charge on any atom is -0.383 e. The van der Waals surface area contributed by atoms with Gasteiger partial charge in [0, 0.05) is 18.0 Å². The van der Waals surface area contributed by atoms with Gasteiger partial charge in [0.25, 0.3) is 0 Å². The third-order valence-electron chi connectivity index (χ3n) is 4.36. The van der Waals surface area contributed by atoms with Gasteiger partial charge in [-0.3, -0.25) is 0 Å². The molecule has 0 radical (unpaired) electrons. The minimum atomic E-state index is 0.422. The molecule has 2 heteroatoms. The number of aryl methyl sites for hydroxylation is 1. The topological polar surface area (TPSA) is 24.1 Å². The molecule has 1 aromatic carbocycles. The molecule has 1 saturated carbocycles. The van der Waals surface area contributed by atoms with E-state index in [0.29, 0.717) is 11.5 Å². The quantitative estimate of drug-likeness (QED) is 0.694. The zero-order valence-electron chi connectivity index (χ0n) is 10.1. The van der Waals surface area contributed by atoms with Crippen LogP contribution in [0.4, 0.5) is 11.4 Å². The largest absolute Gasteiger partial charge is 0.383 e. The zero-order valence-corrected chi connectivity index (χ0v) is 10.1. The van der Waals surface area contributed by atoms with Crippen molar-refractivity contribution >= 4 is 11.4 Å². The highest BCUT2D eigenvalue weighted by Gasteiger charge is 2.40. The van der Waals surface area contributed by atoms with Crippen LogP contribution in [0.15, 0.2) is 18.2 Å². The second-order valence-electron chi connectivity index (χ2n) is 5.59. The van der Waals surface area contributed by atoms with Crippen LogP contribution in [-0.4, -0.2) is 12.6 Å². The van der Waals surface area contributed by atoms with Crippen molar-refractivity contribution in [3.05, 3.63) is 23.8 Å². The average molecular weight is 216 g/mol. The smallest absolute Gasteiger partial charge is 0.0608 e. The lowest BCUT2D eigenvalue weighted by molar-refractivity contribution is 0.335. The van der Waals surface area contributed by atoms with Gasteiger partial charge < -0.3 is 10.6 Å². The number of benzene rings is 1. The molecule has 1 heterocycles. The molecule has 0 spiro atoms. The van der Waals surface area contributed by atoms with Crippen molar-refractivity contribution in [1.82, 2.24) is 0 Å².